The molecule has 3 unspecified atom stereocenters. The summed E-state index contributed by atoms with van der Waals surface area (Å²) in [5, 5.41) is 10.5. The molecule has 0 bridgehead atoms. The van der Waals surface area contributed by atoms with Gasteiger partial charge in [-0.15, -0.1) is 0 Å². The molecular formula is C52H44N2. The number of hydrogen-bond acceptors (Lipinski definition) is 2. The van der Waals surface area contributed by atoms with Gasteiger partial charge in [-0.05, 0) is 114 Å². The molecule has 0 saturated heterocycles. The van der Waals surface area contributed by atoms with Crippen molar-refractivity contribution in [2.75, 3.05) is 0 Å². The van der Waals surface area contributed by atoms with Crippen LogP contribution < -0.4 is 10.6 Å². The van der Waals surface area contributed by atoms with Crippen molar-refractivity contribution in [1.82, 2.24) is 10.6 Å². The third-order valence-electron chi connectivity index (χ3n) is 12.1. The summed E-state index contributed by atoms with van der Waals surface area (Å²) < 4.78 is 0. The molecule has 2 heteroatoms. The molecule has 2 N–H and O–H groups in total. The van der Waals surface area contributed by atoms with Crippen LogP contribution in [0.4, 0.5) is 0 Å². The molecule has 0 radical (unpaired) electrons. The lowest BCUT2D eigenvalue weighted by Crippen LogP contribution is -2.39. The first-order valence-corrected chi connectivity index (χ1v) is 19.4. The molecule has 1 heterocycles. The highest BCUT2D eigenvalue weighted by Gasteiger charge is 2.36. The van der Waals surface area contributed by atoms with Crippen LogP contribution in [0.5, 0.6) is 0 Å². The highest BCUT2D eigenvalue weighted by Crippen LogP contribution is 2.49. The van der Waals surface area contributed by atoms with Gasteiger partial charge >= 0.3 is 0 Å². The maximum atomic E-state index is 3.99. The second-order valence-corrected chi connectivity index (χ2v) is 16.0. The van der Waals surface area contributed by atoms with Crippen molar-refractivity contribution in [1.29, 1.82) is 0 Å². The van der Waals surface area contributed by atoms with Crippen molar-refractivity contribution in [2.45, 2.75) is 44.8 Å². The van der Waals surface area contributed by atoms with Crippen molar-refractivity contribution in [2.24, 2.45) is 5.92 Å². The van der Waals surface area contributed by atoms with E-state index in [0.29, 0.717) is 5.92 Å². The fraction of sp³-hybridized carbons (Fsp3) is 0.154. The average Bonchev–Trinajstić information content (AvgIpc) is 3.45. The normalized spacial score (nSPS) is 19.4. The van der Waals surface area contributed by atoms with Crippen LogP contribution in [0, 0.1) is 5.92 Å². The lowest BCUT2D eigenvalue weighted by molar-refractivity contribution is 0.442. The Morgan fingerprint density at radius 1 is 0.556 bits per heavy atom. The van der Waals surface area contributed by atoms with E-state index in [1.807, 2.05) is 0 Å². The SMILES string of the molecule is CC1C=Cc2cc(-c3cc(-c4ccc5ccccc5c4)ccc3C3=CC(c4ccc5c(c4)C(C)(C)c4ccccc4-5)NC(c4ccccc4)N3)ccc2C1. The summed E-state index contributed by atoms with van der Waals surface area (Å²) in [5.74, 6) is 0.560. The maximum absolute atomic E-state index is 3.99. The van der Waals surface area contributed by atoms with Gasteiger partial charge in [0, 0.05) is 16.7 Å². The Labute approximate surface area is 318 Å². The summed E-state index contributed by atoms with van der Waals surface area (Å²) in [6.07, 6.45) is 8.08. The minimum absolute atomic E-state index is 0.00256. The lowest BCUT2D eigenvalue weighted by atomic mass is 9.81. The molecule has 10 rings (SSSR count). The smallest absolute Gasteiger partial charge is 0.104 e. The van der Waals surface area contributed by atoms with Crippen LogP contribution in [-0.2, 0) is 11.8 Å². The Hall–Kier alpha value is -5.96. The Balaban J connectivity index is 1.13. The van der Waals surface area contributed by atoms with Gasteiger partial charge in [0.2, 0.25) is 0 Å². The molecule has 2 aliphatic carbocycles. The van der Waals surface area contributed by atoms with Gasteiger partial charge in [-0.25, -0.2) is 0 Å². The molecule has 0 fully saturated rings. The van der Waals surface area contributed by atoms with Gasteiger partial charge < -0.3 is 5.32 Å². The van der Waals surface area contributed by atoms with Gasteiger partial charge in [0.05, 0.1) is 6.04 Å². The number of hydrogen-bond donors (Lipinski definition) is 2. The van der Waals surface area contributed by atoms with Crippen molar-refractivity contribution < 1.29 is 0 Å². The number of fused-ring (bicyclic) bond motifs is 5. The van der Waals surface area contributed by atoms with E-state index in [1.165, 1.54) is 83.1 Å². The minimum Gasteiger partial charge on any atom is -0.366 e. The zero-order valence-electron chi connectivity index (χ0n) is 31.1. The summed E-state index contributed by atoms with van der Waals surface area (Å²) in [7, 11) is 0. The first-order chi connectivity index (χ1) is 26.4. The minimum atomic E-state index is -0.0735. The predicted molar refractivity (Wildman–Crippen MR) is 227 cm³/mol. The third kappa shape index (κ3) is 5.61. The van der Waals surface area contributed by atoms with E-state index in [4.69, 9.17) is 0 Å². The fourth-order valence-corrected chi connectivity index (χ4v) is 9.09. The zero-order valence-corrected chi connectivity index (χ0v) is 31.1. The van der Waals surface area contributed by atoms with Gasteiger partial charge in [0.15, 0.2) is 0 Å². The van der Waals surface area contributed by atoms with Crippen LogP contribution in [0.2, 0.25) is 0 Å². The predicted octanol–water partition coefficient (Wildman–Crippen LogP) is 12.7. The second-order valence-electron chi connectivity index (χ2n) is 16.0. The van der Waals surface area contributed by atoms with Crippen molar-refractivity contribution in [3.8, 4) is 33.4 Å². The summed E-state index contributed by atoms with van der Waals surface area (Å²) in [4.78, 5) is 0. The van der Waals surface area contributed by atoms with Crippen LogP contribution in [0.3, 0.4) is 0 Å². The molecule has 0 amide bonds. The topological polar surface area (TPSA) is 24.1 Å². The summed E-state index contributed by atoms with van der Waals surface area (Å²) in [6, 6.07) is 56.4. The molecule has 262 valence electrons. The summed E-state index contributed by atoms with van der Waals surface area (Å²) in [5.41, 5.74) is 17.9. The Morgan fingerprint density at radius 3 is 2.17 bits per heavy atom. The molecule has 2 nitrogen and oxygen atoms in total. The van der Waals surface area contributed by atoms with Gasteiger partial charge in [0.1, 0.15) is 6.17 Å². The molecule has 1 aliphatic heterocycles. The molecule has 3 atom stereocenters. The number of benzene rings is 7. The van der Waals surface area contributed by atoms with Crippen LogP contribution >= 0.6 is 0 Å². The lowest BCUT2D eigenvalue weighted by Gasteiger charge is -2.34. The highest BCUT2D eigenvalue weighted by molar-refractivity contribution is 5.90. The van der Waals surface area contributed by atoms with Crippen molar-refractivity contribution in [3.63, 3.8) is 0 Å². The molecule has 0 saturated carbocycles. The maximum Gasteiger partial charge on any atom is 0.104 e. The highest BCUT2D eigenvalue weighted by atomic mass is 15.2. The first kappa shape index (κ1) is 32.7. The molecule has 0 aromatic heterocycles. The van der Waals surface area contributed by atoms with E-state index >= 15 is 0 Å². The molecule has 54 heavy (non-hydrogen) atoms. The molecule has 3 aliphatic rings. The third-order valence-corrected chi connectivity index (χ3v) is 12.1. The average molecular weight is 697 g/mol. The molecule has 7 aromatic carbocycles. The number of allylic oxidation sites excluding steroid dienone is 1. The van der Waals surface area contributed by atoms with Gasteiger partial charge in [-0.3, -0.25) is 5.32 Å². The van der Waals surface area contributed by atoms with Crippen molar-refractivity contribution >= 4 is 22.5 Å². The van der Waals surface area contributed by atoms with Crippen LogP contribution in [0.1, 0.15) is 71.9 Å². The van der Waals surface area contributed by atoms with E-state index in [9.17, 15) is 0 Å². The molecule has 0 spiro atoms. The summed E-state index contributed by atoms with van der Waals surface area (Å²) in [6.45, 7) is 7.03. The molecule has 7 aromatic rings. The first-order valence-electron chi connectivity index (χ1n) is 19.4. The van der Waals surface area contributed by atoms with Gasteiger partial charge in [0.25, 0.3) is 0 Å². The fourth-order valence-electron chi connectivity index (χ4n) is 9.09. The van der Waals surface area contributed by atoms with E-state index < -0.39 is 0 Å². The van der Waals surface area contributed by atoms with Gasteiger partial charge in [-0.1, -0.05) is 166 Å². The van der Waals surface area contributed by atoms with Crippen LogP contribution in [0.25, 0.3) is 55.9 Å². The van der Waals surface area contributed by atoms with E-state index in [2.05, 4.69) is 201 Å². The van der Waals surface area contributed by atoms with Gasteiger partial charge in [-0.2, -0.15) is 0 Å². The van der Waals surface area contributed by atoms with Crippen LogP contribution in [0.15, 0.2) is 164 Å². The second kappa shape index (κ2) is 12.9. The van der Waals surface area contributed by atoms with E-state index in [-0.39, 0.29) is 17.6 Å². The standard InChI is InChI=1S/C52H44N2/c1-33-17-18-38-29-41(22-21-37(38)27-33)46-30-40(39-20-19-34-11-7-8-14-36(34)28-39)23-26-45(46)50-32-49(53-51(54-50)35-12-5-4-6-13-35)42-24-25-44-43-15-9-10-16-47(43)52(2,3)48(44)31-42/h4-26,28-33,49,51,53-54H,27H2,1-3H3. The quantitative estimate of drug-likeness (QED) is 0.187. The number of nitrogens with one attached hydrogen (secondary N) is 2. The van der Waals surface area contributed by atoms with E-state index in [0.717, 1.165) is 12.1 Å². The monoisotopic (exact) mass is 696 g/mol. The largest absolute Gasteiger partial charge is 0.366 e. The zero-order chi connectivity index (χ0) is 36.4. The van der Waals surface area contributed by atoms with E-state index in [1.54, 1.807) is 0 Å². The Kier molecular flexibility index (Phi) is 7.78. The molecular weight excluding hydrogens is 653 g/mol. The van der Waals surface area contributed by atoms with Crippen LogP contribution in [-0.4, -0.2) is 0 Å². The Bertz CT molecular complexity index is 2640. The number of rotatable bonds is 5. The summed E-state index contributed by atoms with van der Waals surface area (Å²) >= 11 is 0. The van der Waals surface area contributed by atoms with Crippen molar-refractivity contribution in [3.05, 3.63) is 203 Å². The Morgan fingerprint density at radius 2 is 1.28 bits per heavy atom.